The fourth-order valence-corrected chi connectivity index (χ4v) is 3.65. The number of carbonyl (C=O) groups excluding carboxylic acids is 1. The van der Waals surface area contributed by atoms with E-state index in [1.165, 1.54) is 11.0 Å². The first-order chi connectivity index (χ1) is 10.0. The van der Waals surface area contributed by atoms with E-state index in [4.69, 9.17) is 7.85 Å². The van der Waals surface area contributed by atoms with Crippen molar-refractivity contribution < 1.29 is 14.0 Å². The van der Waals surface area contributed by atoms with Crippen LogP contribution in [-0.4, -0.2) is 33.4 Å². The van der Waals surface area contributed by atoms with E-state index in [0.717, 1.165) is 6.42 Å². The fourth-order valence-electron chi connectivity index (χ4n) is 2.86. The smallest absolute Gasteiger partial charge is 0.227 e. The van der Waals surface area contributed by atoms with Gasteiger partial charge in [-0.1, -0.05) is 25.4 Å². The zero-order valence-electron chi connectivity index (χ0n) is 13.7. The lowest BCUT2D eigenvalue weighted by Gasteiger charge is -2.36. The van der Waals surface area contributed by atoms with Gasteiger partial charge >= 0.3 is 0 Å². The first-order valence-electron chi connectivity index (χ1n) is 7.59. The van der Waals surface area contributed by atoms with Crippen LogP contribution in [0, 0.1) is 11.7 Å². The number of rotatable bonds is 4. The third-order valence-corrected chi connectivity index (χ3v) is 8.44. The Morgan fingerprint density at radius 2 is 2.09 bits per heavy atom. The van der Waals surface area contributed by atoms with Crippen LogP contribution in [0.4, 0.5) is 10.1 Å². The standard InChI is InChI=1S/C16H23BFNO2Si/c1-16(2,22(3,4)21)9-11-7-15(20)19(10-11)14-6-5-12(17)8-13(14)18/h5-6,8,11,21H,7,9-10H2,1-4H3/t11-/m1/s1. The summed E-state index contributed by atoms with van der Waals surface area (Å²) in [4.78, 5) is 24.1. The second kappa shape index (κ2) is 5.81. The van der Waals surface area contributed by atoms with Crippen molar-refractivity contribution in [1.29, 1.82) is 0 Å². The van der Waals surface area contributed by atoms with Crippen molar-refractivity contribution in [3.05, 3.63) is 24.0 Å². The molecule has 1 saturated heterocycles. The van der Waals surface area contributed by atoms with Crippen molar-refractivity contribution in [2.75, 3.05) is 11.4 Å². The molecule has 0 spiro atoms. The van der Waals surface area contributed by atoms with Gasteiger partial charge in [-0.05, 0) is 42.6 Å². The second-order valence-electron chi connectivity index (χ2n) is 7.43. The van der Waals surface area contributed by atoms with E-state index in [1.54, 1.807) is 12.1 Å². The molecule has 1 N–H and O–H groups in total. The number of hydrogen-bond acceptors (Lipinski definition) is 2. The van der Waals surface area contributed by atoms with Gasteiger partial charge in [-0.2, -0.15) is 0 Å². The lowest BCUT2D eigenvalue weighted by Crippen LogP contribution is -2.40. The van der Waals surface area contributed by atoms with Gasteiger partial charge in [-0.25, -0.2) is 4.39 Å². The van der Waals surface area contributed by atoms with Crippen LogP contribution >= 0.6 is 0 Å². The number of benzene rings is 1. The van der Waals surface area contributed by atoms with Gasteiger partial charge in [0.05, 0.1) is 5.69 Å². The Hall–Kier alpha value is -1.14. The maximum atomic E-state index is 14.0. The summed E-state index contributed by atoms with van der Waals surface area (Å²) in [6.07, 6.45) is 1.17. The van der Waals surface area contributed by atoms with Crippen molar-refractivity contribution in [2.24, 2.45) is 5.92 Å². The van der Waals surface area contributed by atoms with Crippen LogP contribution in [0.1, 0.15) is 26.7 Å². The molecule has 1 aromatic rings. The molecule has 118 valence electrons. The Kier molecular flexibility index (Phi) is 4.55. The largest absolute Gasteiger partial charge is 0.432 e. The summed E-state index contributed by atoms with van der Waals surface area (Å²) in [6.45, 7) is 8.43. The summed E-state index contributed by atoms with van der Waals surface area (Å²) >= 11 is 0. The van der Waals surface area contributed by atoms with E-state index in [0.29, 0.717) is 24.1 Å². The van der Waals surface area contributed by atoms with E-state index < -0.39 is 14.1 Å². The van der Waals surface area contributed by atoms with Gasteiger partial charge in [0.25, 0.3) is 0 Å². The molecule has 1 aromatic carbocycles. The maximum Gasteiger partial charge on any atom is 0.227 e. The number of amides is 1. The molecule has 0 unspecified atom stereocenters. The minimum absolute atomic E-state index is 0.0677. The van der Waals surface area contributed by atoms with Gasteiger partial charge in [-0.3, -0.25) is 4.79 Å². The highest BCUT2D eigenvalue weighted by molar-refractivity contribution is 6.72. The fraction of sp³-hybridized carbons (Fsp3) is 0.562. The van der Waals surface area contributed by atoms with Gasteiger partial charge in [0.2, 0.25) is 5.91 Å². The van der Waals surface area contributed by atoms with E-state index in [2.05, 4.69) is 13.8 Å². The van der Waals surface area contributed by atoms with Gasteiger partial charge < -0.3 is 9.70 Å². The van der Waals surface area contributed by atoms with E-state index in [1.807, 2.05) is 13.1 Å². The Morgan fingerprint density at radius 3 is 2.64 bits per heavy atom. The van der Waals surface area contributed by atoms with Gasteiger partial charge in [0.1, 0.15) is 13.7 Å². The predicted octanol–water partition coefficient (Wildman–Crippen LogP) is 2.34. The summed E-state index contributed by atoms with van der Waals surface area (Å²) in [6, 6.07) is 4.40. The van der Waals surface area contributed by atoms with E-state index in [9.17, 15) is 14.0 Å². The summed E-state index contributed by atoms with van der Waals surface area (Å²) in [5, 5.41) is -0.187. The molecular weight excluding hydrogens is 296 g/mol. The molecule has 22 heavy (non-hydrogen) atoms. The molecule has 0 aromatic heterocycles. The molecule has 1 fully saturated rings. The minimum Gasteiger partial charge on any atom is -0.432 e. The molecular formula is C16H23BFNO2Si. The van der Waals surface area contributed by atoms with Gasteiger partial charge in [0.15, 0.2) is 8.32 Å². The molecule has 1 aliphatic rings. The molecule has 0 saturated carbocycles. The van der Waals surface area contributed by atoms with Crippen molar-refractivity contribution in [3.8, 4) is 0 Å². The van der Waals surface area contributed by atoms with Crippen LogP contribution in [-0.2, 0) is 4.79 Å². The molecule has 2 radical (unpaired) electrons. The minimum atomic E-state index is -2.31. The highest BCUT2D eigenvalue weighted by atomic mass is 28.4. The third-order valence-electron chi connectivity index (χ3n) is 4.92. The Balaban J connectivity index is 2.15. The Morgan fingerprint density at radius 1 is 1.45 bits per heavy atom. The van der Waals surface area contributed by atoms with Crippen molar-refractivity contribution in [1.82, 2.24) is 0 Å². The Labute approximate surface area is 134 Å². The molecule has 1 atom stereocenters. The molecule has 0 bridgehead atoms. The SMILES string of the molecule is [B]c1ccc(N2C[C@@H](CC(C)(C)[Si](C)(C)O)CC2=O)c(F)c1. The lowest BCUT2D eigenvalue weighted by atomic mass is 9.95. The van der Waals surface area contributed by atoms with E-state index >= 15 is 0 Å². The number of nitrogens with zero attached hydrogens (tertiary/aromatic N) is 1. The molecule has 1 amide bonds. The van der Waals surface area contributed by atoms with Crippen LogP contribution in [0.2, 0.25) is 18.1 Å². The predicted molar refractivity (Wildman–Crippen MR) is 90.6 cm³/mol. The molecule has 3 nitrogen and oxygen atoms in total. The van der Waals surface area contributed by atoms with Crippen molar-refractivity contribution >= 4 is 33.2 Å². The number of anilines is 1. The highest BCUT2D eigenvalue weighted by Crippen LogP contribution is 2.44. The van der Waals surface area contributed by atoms with Crippen LogP contribution in [0.3, 0.4) is 0 Å². The monoisotopic (exact) mass is 319 g/mol. The van der Waals surface area contributed by atoms with Crippen LogP contribution < -0.4 is 10.4 Å². The third kappa shape index (κ3) is 3.43. The molecule has 1 aliphatic heterocycles. The number of halogens is 1. The summed E-state index contributed by atoms with van der Waals surface area (Å²) < 4.78 is 14.0. The summed E-state index contributed by atoms with van der Waals surface area (Å²) in [5.74, 6) is -0.398. The van der Waals surface area contributed by atoms with Crippen LogP contribution in [0.15, 0.2) is 18.2 Å². The average Bonchev–Trinajstić information content (AvgIpc) is 2.67. The zero-order valence-corrected chi connectivity index (χ0v) is 14.7. The van der Waals surface area contributed by atoms with Gasteiger partial charge in [0, 0.05) is 13.0 Å². The van der Waals surface area contributed by atoms with Crippen molar-refractivity contribution in [2.45, 2.75) is 44.8 Å². The number of carbonyl (C=O) groups is 1. The van der Waals surface area contributed by atoms with E-state index in [-0.39, 0.29) is 16.9 Å². The normalized spacial score (nSPS) is 19.8. The van der Waals surface area contributed by atoms with Gasteiger partial charge in [-0.15, -0.1) is 0 Å². The van der Waals surface area contributed by atoms with Crippen LogP contribution in [0.25, 0.3) is 0 Å². The molecule has 6 heteroatoms. The second-order valence-corrected chi connectivity index (χ2v) is 11.9. The summed E-state index contributed by atoms with van der Waals surface area (Å²) in [5.41, 5.74) is 0.638. The first kappa shape index (κ1) is 17.2. The van der Waals surface area contributed by atoms with Crippen molar-refractivity contribution in [3.63, 3.8) is 0 Å². The quantitative estimate of drug-likeness (QED) is 0.866. The zero-order chi connectivity index (χ0) is 16.7. The topological polar surface area (TPSA) is 40.5 Å². The highest BCUT2D eigenvalue weighted by Gasteiger charge is 2.42. The maximum absolute atomic E-state index is 14.0. The average molecular weight is 319 g/mol. The Bertz CT molecular complexity index is 586. The first-order valence-corrected chi connectivity index (χ1v) is 10.5. The summed E-state index contributed by atoms with van der Waals surface area (Å²) in [7, 11) is 3.24. The molecule has 0 aliphatic carbocycles. The number of hydrogen-bond donors (Lipinski definition) is 1. The molecule has 1 heterocycles. The van der Waals surface area contributed by atoms with Crippen LogP contribution in [0.5, 0.6) is 0 Å². The lowest BCUT2D eigenvalue weighted by molar-refractivity contribution is -0.117. The molecule has 2 rings (SSSR count).